The maximum Gasteiger partial charge on any atom is 0.182 e. The molecule has 0 saturated carbocycles. The predicted octanol–water partition coefficient (Wildman–Crippen LogP) is 1.07. The lowest BCUT2D eigenvalue weighted by molar-refractivity contribution is 0.0940. The molecule has 4 heteroatoms. The quantitative estimate of drug-likeness (QED) is 0.731. The molecule has 0 aromatic carbocycles. The largest absolute Gasteiger partial charge is 0.321 e. The van der Waals surface area contributed by atoms with Crippen LogP contribution in [0.25, 0.3) is 0 Å². The number of nitrogens with two attached hydrogens (primary N) is 1. The van der Waals surface area contributed by atoms with Gasteiger partial charge in [-0.2, -0.15) is 5.10 Å². The van der Waals surface area contributed by atoms with Crippen LogP contribution in [0.3, 0.4) is 0 Å². The summed E-state index contributed by atoms with van der Waals surface area (Å²) in [5.74, 6) is 0.132. The van der Waals surface area contributed by atoms with Crippen LogP contribution in [0.5, 0.6) is 0 Å². The van der Waals surface area contributed by atoms with Crippen molar-refractivity contribution in [2.24, 2.45) is 11.7 Å². The lowest BCUT2D eigenvalue weighted by Crippen LogP contribution is -2.35. The van der Waals surface area contributed by atoms with Gasteiger partial charge >= 0.3 is 0 Å². The average molecular weight is 195 g/mol. The monoisotopic (exact) mass is 195 g/mol. The zero-order valence-electron chi connectivity index (χ0n) is 8.90. The first-order valence-electron chi connectivity index (χ1n) is 4.88. The molecule has 14 heavy (non-hydrogen) atoms. The number of carbonyl (C=O) groups excluding carboxylic acids is 1. The van der Waals surface area contributed by atoms with Crippen molar-refractivity contribution in [2.45, 2.75) is 33.4 Å². The van der Waals surface area contributed by atoms with E-state index in [1.807, 2.05) is 20.8 Å². The summed E-state index contributed by atoms with van der Waals surface area (Å²) in [6.07, 6.45) is 3.32. The van der Waals surface area contributed by atoms with Crippen LogP contribution in [0, 0.1) is 5.92 Å². The van der Waals surface area contributed by atoms with Gasteiger partial charge in [0.25, 0.3) is 0 Å². The second kappa shape index (κ2) is 4.37. The first kappa shape index (κ1) is 10.9. The van der Waals surface area contributed by atoms with E-state index in [1.54, 1.807) is 17.1 Å². The Kier molecular flexibility index (Phi) is 3.41. The van der Waals surface area contributed by atoms with Gasteiger partial charge < -0.3 is 5.73 Å². The normalized spacial score (nSPS) is 13.2. The second-order valence-corrected chi connectivity index (χ2v) is 3.72. The Morgan fingerprint density at radius 2 is 2.29 bits per heavy atom. The fourth-order valence-electron chi connectivity index (χ4n) is 1.16. The van der Waals surface area contributed by atoms with Crippen molar-refractivity contribution in [3.8, 4) is 0 Å². The number of ketones is 1. The molecule has 1 aromatic heterocycles. The summed E-state index contributed by atoms with van der Waals surface area (Å²) < 4.78 is 1.72. The highest BCUT2D eigenvalue weighted by Gasteiger charge is 2.19. The van der Waals surface area contributed by atoms with Crippen molar-refractivity contribution < 1.29 is 4.79 Å². The van der Waals surface area contributed by atoms with Crippen molar-refractivity contribution in [1.29, 1.82) is 0 Å². The van der Waals surface area contributed by atoms with E-state index in [9.17, 15) is 4.79 Å². The molecule has 1 atom stereocenters. The first-order chi connectivity index (χ1) is 6.56. The van der Waals surface area contributed by atoms with Gasteiger partial charge in [-0.1, -0.05) is 13.8 Å². The molecule has 0 amide bonds. The van der Waals surface area contributed by atoms with Crippen molar-refractivity contribution >= 4 is 5.78 Å². The third-order valence-corrected chi connectivity index (χ3v) is 2.26. The molecule has 0 saturated heterocycles. The Labute approximate surface area is 84.1 Å². The maximum atomic E-state index is 11.7. The van der Waals surface area contributed by atoms with Crippen molar-refractivity contribution in [1.82, 2.24) is 9.78 Å². The van der Waals surface area contributed by atoms with E-state index in [4.69, 9.17) is 5.73 Å². The summed E-state index contributed by atoms with van der Waals surface area (Å²) in [4.78, 5) is 11.7. The molecule has 1 heterocycles. The number of hydrogen-bond donors (Lipinski definition) is 1. The minimum Gasteiger partial charge on any atom is -0.321 e. The summed E-state index contributed by atoms with van der Waals surface area (Å²) in [7, 11) is 0. The van der Waals surface area contributed by atoms with E-state index in [0.717, 1.165) is 6.54 Å². The Morgan fingerprint density at radius 1 is 1.64 bits per heavy atom. The molecular weight excluding hydrogens is 178 g/mol. The average Bonchev–Trinajstić information content (AvgIpc) is 2.63. The molecule has 0 radical (unpaired) electrons. The van der Waals surface area contributed by atoms with Crippen LogP contribution in [-0.2, 0) is 6.54 Å². The van der Waals surface area contributed by atoms with Crippen molar-refractivity contribution in [3.63, 3.8) is 0 Å². The summed E-state index contributed by atoms with van der Waals surface area (Å²) in [5, 5.41) is 4.04. The number of Topliss-reactive ketones (excluding diaryl/α,β-unsaturated/α-hetero) is 1. The van der Waals surface area contributed by atoms with Crippen LogP contribution in [0.15, 0.2) is 12.4 Å². The van der Waals surface area contributed by atoms with Crippen LogP contribution in [-0.4, -0.2) is 21.6 Å². The van der Waals surface area contributed by atoms with Gasteiger partial charge in [0, 0.05) is 12.7 Å². The fourth-order valence-corrected chi connectivity index (χ4v) is 1.16. The van der Waals surface area contributed by atoms with E-state index in [2.05, 4.69) is 5.10 Å². The highest BCUT2D eigenvalue weighted by Crippen LogP contribution is 2.07. The van der Waals surface area contributed by atoms with Gasteiger partial charge in [0.15, 0.2) is 5.78 Å². The lowest BCUT2D eigenvalue weighted by atomic mass is 9.98. The smallest absolute Gasteiger partial charge is 0.182 e. The van der Waals surface area contributed by atoms with Gasteiger partial charge in [-0.05, 0) is 12.8 Å². The van der Waals surface area contributed by atoms with Crippen LogP contribution >= 0.6 is 0 Å². The molecule has 0 aliphatic heterocycles. The maximum absolute atomic E-state index is 11.7. The Morgan fingerprint density at radius 3 is 2.71 bits per heavy atom. The fraction of sp³-hybridized carbons (Fsp3) is 0.600. The predicted molar refractivity (Wildman–Crippen MR) is 55.0 cm³/mol. The number of hydrogen-bond acceptors (Lipinski definition) is 3. The standard InChI is InChI=1S/C10H17N3O/c1-4-13-6-8(5-12-13)10(14)9(11)7(2)3/h5-7,9H,4,11H2,1-3H3. The third-order valence-electron chi connectivity index (χ3n) is 2.26. The zero-order valence-corrected chi connectivity index (χ0v) is 8.90. The molecule has 1 unspecified atom stereocenters. The number of aromatic nitrogens is 2. The van der Waals surface area contributed by atoms with Gasteiger partial charge in [0.05, 0.1) is 17.8 Å². The summed E-state index contributed by atoms with van der Waals surface area (Å²) in [5.41, 5.74) is 6.36. The highest BCUT2D eigenvalue weighted by molar-refractivity contribution is 5.99. The molecule has 2 N–H and O–H groups in total. The molecule has 0 aliphatic carbocycles. The number of aryl methyl sites for hydroxylation is 1. The molecule has 1 aromatic rings. The number of nitrogens with zero attached hydrogens (tertiary/aromatic N) is 2. The number of rotatable bonds is 4. The molecule has 1 rings (SSSR count). The third kappa shape index (κ3) is 2.20. The van der Waals surface area contributed by atoms with Crippen LogP contribution in [0.1, 0.15) is 31.1 Å². The number of carbonyl (C=O) groups is 1. The topological polar surface area (TPSA) is 60.9 Å². The summed E-state index contributed by atoms with van der Waals surface area (Å²) >= 11 is 0. The van der Waals surface area contributed by atoms with E-state index < -0.39 is 6.04 Å². The molecular formula is C10H17N3O. The van der Waals surface area contributed by atoms with Gasteiger partial charge in [0.1, 0.15) is 0 Å². The van der Waals surface area contributed by atoms with E-state index in [0.29, 0.717) is 5.56 Å². The minimum absolute atomic E-state index is 0.0281. The molecule has 0 bridgehead atoms. The zero-order chi connectivity index (χ0) is 10.7. The molecule has 0 fully saturated rings. The second-order valence-electron chi connectivity index (χ2n) is 3.72. The Hall–Kier alpha value is -1.16. The van der Waals surface area contributed by atoms with Crippen molar-refractivity contribution in [2.75, 3.05) is 0 Å². The lowest BCUT2D eigenvalue weighted by Gasteiger charge is -2.12. The van der Waals surface area contributed by atoms with Crippen LogP contribution in [0.4, 0.5) is 0 Å². The minimum atomic E-state index is -0.426. The van der Waals surface area contributed by atoms with Crippen LogP contribution in [0.2, 0.25) is 0 Å². The SMILES string of the molecule is CCn1cc(C(=O)C(N)C(C)C)cn1. The van der Waals surface area contributed by atoms with Gasteiger partial charge in [-0.25, -0.2) is 0 Å². The van der Waals surface area contributed by atoms with Crippen LogP contribution < -0.4 is 5.73 Å². The Bertz CT molecular complexity index is 317. The van der Waals surface area contributed by atoms with Crippen molar-refractivity contribution in [3.05, 3.63) is 18.0 Å². The van der Waals surface area contributed by atoms with E-state index >= 15 is 0 Å². The van der Waals surface area contributed by atoms with E-state index in [1.165, 1.54) is 0 Å². The summed E-state index contributed by atoms with van der Waals surface area (Å²) in [6, 6.07) is -0.426. The molecule has 0 aliphatic rings. The van der Waals surface area contributed by atoms with Gasteiger partial charge in [-0.3, -0.25) is 9.48 Å². The summed E-state index contributed by atoms with van der Waals surface area (Å²) in [6.45, 7) is 6.62. The highest BCUT2D eigenvalue weighted by atomic mass is 16.1. The van der Waals surface area contributed by atoms with Gasteiger partial charge in [-0.15, -0.1) is 0 Å². The van der Waals surface area contributed by atoms with Gasteiger partial charge in [0.2, 0.25) is 0 Å². The Balaban J connectivity index is 2.79. The molecule has 4 nitrogen and oxygen atoms in total. The van der Waals surface area contributed by atoms with E-state index in [-0.39, 0.29) is 11.7 Å². The molecule has 78 valence electrons. The molecule has 0 spiro atoms. The first-order valence-corrected chi connectivity index (χ1v) is 4.88.